The molecule has 124 valence electrons. The maximum absolute atomic E-state index is 13.5. The number of amides is 1. The average molecular weight is 325 g/mol. The quantitative estimate of drug-likeness (QED) is 0.871. The number of aromatic nitrogens is 1. The number of halogens is 1. The Morgan fingerprint density at radius 1 is 1.17 bits per heavy atom. The number of carbonyl (C=O) groups is 1. The molecule has 4 nitrogen and oxygen atoms in total. The number of pyridine rings is 1. The van der Waals surface area contributed by atoms with Crippen molar-refractivity contribution in [3.05, 3.63) is 60.2 Å². The lowest BCUT2D eigenvalue weighted by molar-refractivity contribution is -0.117. The minimum atomic E-state index is -0.301. The van der Waals surface area contributed by atoms with E-state index in [0.29, 0.717) is 18.7 Å². The topological polar surface area (TPSA) is 36.4 Å². The molecule has 24 heavy (non-hydrogen) atoms. The number of likely N-dealkylation sites (tertiary alicyclic amines) is 1. The van der Waals surface area contributed by atoms with Crippen LogP contribution in [0.5, 0.6) is 0 Å². The molecule has 2 aliphatic rings. The summed E-state index contributed by atoms with van der Waals surface area (Å²) in [5.41, 5.74) is 1.71. The number of hydrogen-bond donors (Lipinski definition) is 0. The van der Waals surface area contributed by atoms with E-state index in [1.165, 1.54) is 12.1 Å². The number of hydrogen-bond acceptors (Lipinski definition) is 3. The summed E-state index contributed by atoms with van der Waals surface area (Å²) in [6, 6.07) is 12.3. The molecular weight excluding hydrogens is 305 g/mol. The fraction of sp³-hybridized carbons (Fsp3) is 0.368. The zero-order chi connectivity index (χ0) is 16.6. The average Bonchev–Trinajstić information content (AvgIpc) is 3.11. The van der Waals surface area contributed by atoms with Crippen molar-refractivity contribution in [1.29, 1.82) is 0 Å². The first-order chi connectivity index (χ1) is 11.6. The third-order valence-electron chi connectivity index (χ3n) is 5.07. The van der Waals surface area contributed by atoms with Crippen molar-refractivity contribution < 1.29 is 9.18 Å². The van der Waals surface area contributed by atoms with Gasteiger partial charge in [-0.15, -0.1) is 0 Å². The van der Waals surface area contributed by atoms with Gasteiger partial charge >= 0.3 is 0 Å². The van der Waals surface area contributed by atoms with Crippen molar-refractivity contribution in [3.63, 3.8) is 0 Å². The molecule has 0 radical (unpaired) electrons. The first kappa shape index (κ1) is 15.3. The van der Waals surface area contributed by atoms with Crippen molar-refractivity contribution in [1.82, 2.24) is 9.88 Å². The molecule has 1 amide bonds. The smallest absolute Gasteiger partial charge is 0.227 e. The van der Waals surface area contributed by atoms with Crippen LogP contribution in [0.4, 0.5) is 10.1 Å². The first-order valence-corrected chi connectivity index (χ1v) is 8.32. The highest BCUT2D eigenvalue weighted by Crippen LogP contribution is 2.42. The molecule has 0 unspecified atom stereocenters. The number of benzene rings is 1. The Labute approximate surface area is 140 Å². The monoisotopic (exact) mass is 325 g/mol. The predicted molar refractivity (Wildman–Crippen MR) is 89.9 cm³/mol. The van der Waals surface area contributed by atoms with E-state index in [0.717, 1.165) is 31.7 Å². The van der Waals surface area contributed by atoms with Crippen LogP contribution < -0.4 is 4.90 Å². The van der Waals surface area contributed by atoms with Crippen molar-refractivity contribution in [2.45, 2.75) is 19.4 Å². The van der Waals surface area contributed by atoms with E-state index in [-0.39, 0.29) is 17.1 Å². The van der Waals surface area contributed by atoms with Gasteiger partial charge in [-0.1, -0.05) is 12.1 Å². The van der Waals surface area contributed by atoms with Crippen LogP contribution in [0.1, 0.15) is 18.5 Å². The standard InChI is InChI=1S/C19H20FN3O/c20-15-4-3-6-17(10-15)23-14-19(11-18(23)24)7-9-22(13-19)12-16-5-1-2-8-21-16/h1-6,8,10H,7,9,11-14H2/t19-/m1/s1. The Morgan fingerprint density at radius 3 is 2.88 bits per heavy atom. The van der Waals surface area contributed by atoms with Crippen LogP contribution >= 0.6 is 0 Å². The normalized spacial score (nSPS) is 24.2. The summed E-state index contributed by atoms with van der Waals surface area (Å²) in [5.74, 6) is -0.204. The second kappa shape index (κ2) is 5.98. The Hall–Kier alpha value is -2.27. The van der Waals surface area contributed by atoms with Gasteiger partial charge in [-0.25, -0.2) is 4.39 Å². The molecule has 1 aromatic heterocycles. The lowest BCUT2D eigenvalue weighted by Crippen LogP contribution is -2.31. The molecule has 2 aliphatic heterocycles. The van der Waals surface area contributed by atoms with Crippen molar-refractivity contribution in [2.24, 2.45) is 5.41 Å². The van der Waals surface area contributed by atoms with E-state index in [1.807, 2.05) is 24.4 Å². The van der Waals surface area contributed by atoms with E-state index in [9.17, 15) is 9.18 Å². The lowest BCUT2D eigenvalue weighted by Gasteiger charge is -2.24. The van der Waals surface area contributed by atoms with E-state index in [1.54, 1.807) is 17.0 Å². The summed E-state index contributed by atoms with van der Waals surface area (Å²) in [7, 11) is 0. The second-order valence-corrected chi connectivity index (χ2v) is 6.92. The molecule has 5 heteroatoms. The van der Waals surface area contributed by atoms with Crippen LogP contribution in [-0.4, -0.2) is 35.4 Å². The molecule has 0 N–H and O–H groups in total. The van der Waals surface area contributed by atoms with Crippen LogP contribution in [0.15, 0.2) is 48.7 Å². The number of rotatable bonds is 3. The molecule has 4 rings (SSSR count). The summed E-state index contributed by atoms with van der Waals surface area (Å²) in [6.45, 7) is 3.35. The summed E-state index contributed by atoms with van der Waals surface area (Å²) >= 11 is 0. The van der Waals surface area contributed by atoms with Gasteiger partial charge in [-0.05, 0) is 43.3 Å². The van der Waals surface area contributed by atoms with Gasteiger partial charge in [0.1, 0.15) is 5.82 Å². The van der Waals surface area contributed by atoms with Gasteiger partial charge in [0.15, 0.2) is 0 Å². The summed E-state index contributed by atoms with van der Waals surface area (Å²) in [4.78, 5) is 21.0. The zero-order valence-electron chi connectivity index (χ0n) is 13.5. The Bertz CT molecular complexity index is 751. The first-order valence-electron chi connectivity index (χ1n) is 8.32. The molecule has 2 saturated heterocycles. The number of nitrogens with zero attached hydrogens (tertiary/aromatic N) is 3. The number of anilines is 1. The van der Waals surface area contributed by atoms with Crippen LogP contribution in [-0.2, 0) is 11.3 Å². The van der Waals surface area contributed by atoms with Crippen LogP contribution in [0.2, 0.25) is 0 Å². The Morgan fingerprint density at radius 2 is 2.08 bits per heavy atom. The van der Waals surface area contributed by atoms with Gasteiger partial charge in [-0.2, -0.15) is 0 Å². The summed E-state index contributed by atoms with van der Waals surface area (Å²) in [6.07, 6.45) is 3.35. The molecule has 2 fully saturated rings. The van der Waals surface area contributed by atoms with Gasteiger partial charge in [0.2, 0.25) is 5.91 Å². The van der Waals surface area contributed by atoms with Gasteiger partial charge in [-0.3, -0.25) is 14.7 Å². The predicted octanol–water partition coefficient (Wildman–Crippen LogP) is 2.85. The third kappa shape index (κ3) is 2.91. The fourth-order valence-corrected chi connectivity index (χ4v) is 3.93. The summed E-state index contributed by atoms with van der Waals surface area (Å²) < 4.78 is 13.5. The van der Waals surface area contributed by atoms with Gasteiger partial charge < -0.3 is 4.90 Å². The molecule has 0 aliphatic carbocycles. The van der Waals surface area contributed by atoms with Crippen molar-refractivity contribution >= 4 is 11.6 Å². The molecule has 2 aromatic rings. The maximum atomic E-state index is 13.5. The van der Waals surface area contributed by atoms with Crippen LogP contribution in [0, 0.1) is 11.2 Å². The van der Waals surface area contributed by atoms with E-state index in [2.05, 4.69) is 9.88 Å². The van der Waals surface area contributed by atoms with Crippen LogP contribution in [0.25, 0.3) is 0 Å². The fourth-order valence-electron chi connectivity index (χ4n) is 3.93. The highest BCUT2D eigenvalue weighted by Gasteiger charge is 2.47. The van der Waals surface area contributed by atoms with E-state index >= 15 is 0 Å². The highest BCUT2D eigenvalue weighted by atomic mass is 19.1. The molecule has 3 heterocycles. The van der Waals surface area contributed by atoms with Gasteiger partial charge in [0.05, 0.1) is 5.69 Å². The molecule has 1 spiro atoms. The van der Waals surface area contributed by atoms with Crippen molar-refractivity contribution in [3.8, 4) is 0 Å². The lowest BCUT2D eigenvalue weighted by atomic mass is 9.86. The highest BCUT2D eigenvalue weighted by molar-refractivity contribution is 5.96. The minimum Gasteiger partial charge on any atom is -0.312 e. The SMILES string of the molecule is O=C1C[C@@]2(CCN(Cc3ccccn3)C2)CN1c1cccc(F)c1. The minimum absolute atomic E-state index is 0.0157. The van der Waals surface area contributed by atoms with Crippen molar-refractivity contribution in [2.75, 3.05) is 24.5 Å². The molecule has 1 atom stereocenters. The largest absolute Gasteiger partial charge is 0.312 e. The maximum Gasteiger partial charge on any atom is 0.227 e. The number of carbonyl (C=O) groups excluding carboxylic acids is 1. The van der Waals surface area contributed by atoms with E-state index < -0.39 is 0 Å². The third-order valence-corrected chi connectivity index (χ3v) is 5.07. The molecule has 0 saturated carbocycles. The molecular formula is C19H20FN3O. The van der Waals surface area contributed by atoms with E-state index in [4.69, 9.17) is 0 Å². The van der Waals surface area contributed by atoms with Gasteiger partial charge in [0.25, 0.3) is 0 Å². The van der Waals surface area contributed by atoms with Crippen LogP contribution in [0.3, 0.4) is 0 Å². The summed E-state index contributed by atoms with van der Waals surface area (Å²) in [5, 5.41) is 0. The Kier molecular flexibility index (Phi) is 3.81. The Balaban J connectivity index is 1.47. The van der Waals surface area contributed by atoms with Gasteiger partial charge in [0, 0.05) is 43.4 Å². The zero-order valence-corrected chi connectivity index (χ0v) is 13.5. The second-order valence-electron chi connectivity index (χ2n) is 6.92. The molecule has 1 aromatic carbocycles. The molecule has 0 bridgehead atoms.